The Hall–Kier alpha value is -1.66. The van der Waals surface area contributed by atoms with E-state index in [0.29, 0.717) is 23.7 Å². The van der Waals surface area contributed by atoms with Gasteiger partial charge in [-0.05, 0) is 17.7 Å². The molecule has 1 aliphatic rings. The fourth-order valence-electron chi connectivity index (χ4n) is 2.82. The monoisotopic (exact) mass is 382 g/mol. The molecule has 0 spiro atoms. The third kappa shape index (κ3) is 3.96. The van der Waals surface area contributed by atoms with E-state index in [4.69, 9.17) is 33.7 Å². The molecule has 1 fully saturated rings. The highest BCUT2D eigenvalue weighted by atomic mass is 35.5. The number of nitrogens with zero attached hydrogens (tertiary/aromatic N) is 1. The second kappa shape index (κ2) is 7.70. The molecular formula is C18H17Cl2FN2O2. The number of nitrogens with two attached hydrogens (primary N) is 1. The lowest BCUT2D eigenvalue weighted by Crippen LogP contribution is -2.46. The first-order chi connectivity index (χ1) is 12.0. The molecule has 2 aromatic rings. The van der Waals surface area contributed by atoms with Gasteiger partial charge in [-0.2, -0.15) is 0 Å². The summed E-state index contributed by atoms with van der Waals surface area (Å²) >= 11 is 11.9. The van der Waals surface area contributed by atoms with Crippen molar-refractivity contribution in [3.8, 4) is 0 Å². The predicted octanol–water partition coefficient (Wildman–Crippen LogP) is 3.73. The fourth-order valence-corrected chi connectivity index (χ4v) is 3.33. The second-order valence-electron chi connectivity index (χ2n) is 5.82. The highest BCUT2D eigenvalue weighted by Crippen LogP contribution is 2.32. The van der Waals surface area contributed by atoms with Crippen LogP contribution in [0.25, 0.3) is 0 Å². The Morgan fingerprint density at radius 1 is 1.24 bits per heavy atom. The fraction of sp³-hybridized carbons (Fsp3) is 0.278. The zero-order valence-corrected chi connectivity index (χ0v) is 14.8. The Bertz CT molecular complexity index is 773. The maximum Gasteiger partial charge on any atom is 0.244 e. The molecule has 1 amide bonds. The molecule has 2 N–H and O–H groups in total. The van der Waals surface area contributed by atoms with Gasteiger partial charge < -0.3 is 15.4 Å². The Kier molecular flexibility index (Phi) is 5.59. The molecule has 2 atom stereocenters. The van der Waals surface area contributed by atoms with Crippen LogP contribution in [0.1, 0.15) is 23.3 Å². The molecule has 2 aromatic carbocycles. The van der Waals surface area contributed by atoms with Crippen molar-refractivity contribution < 1.29 is 13.9 Å². The zero-order valence-electron chi connectivity index (χ0n) is 13.3. The van der Waals surface area contributed by atoms with Crippen LogP contribution < -0.4 is 5.73 Å². The van der Waals surface area contributed by atoms with E-state index >= 15 is 0 Å². The molecule has 0 aliphatic carbocycles. The van der Waals surface area contributed by atoms with Crippen molar-refractivity contribution >= 4 is 29.1 Å². The molecule has 0 bridgehead atoms. The second-order valence-corrected chi connectivity index (χ2v) is 6.63. The van der Waals surface area contributed by atoms with Gasteiger partial charge in [0, 0.05) is 17.1 Å². The van der Waals surface area contributed by atoms with Crippen LogP contribution in [0.3, 0.4) is 0 Å². The molecular weight excluding hydrogens is 366 g/mol. The van der Waals surface area contributed by atoms with E-state index < -0.39 is 18.0 Å². The summed E-state index contributed by atoms with van der Waals surface area (Å²) in [6.07, 6.45) is -0.528. The molecule has 0 radical (unpaired) electrons. The molecule has 1 saturated heterocycles. The van der Waals surface area contributed by atoms with Gasteiger partial charge in [-0.3, -0.25) is 4.79 Å². The number of carbonyl (C=O) groups is 1. The van der Waals surface area contributed by atoms with E-state index in [1.165, 1.54) is 12.1 Å². The van der Waals surface area contributed by atoms with Gasteiger partial charge in [0.15, 0.2) is 0 Å². The highest BCUT2D eigenvalue weighted by Gasteiger charge is 2.30. The van der Waals surface area contributed by atoms with Crippen molar-refractivity contribution in [2.75, 3.05) is 19.7 Å². The Balaban J connectivity index is 1.77. The molecule has 3 rings (SSSR count). The standard InChI is InChI=1S/C18H17Cl2FN2O2/c19-13-9-14(20)15(21)8-12(13)16-10-23(6-7-25-16)18(24)17(22)11-4-2-1-3-5-11/h1-5,8-9,16-17H,6-7,10,22H2. The van der Waals surface area contributed by atoms with Crippen molar-refractivity contribution in [1.29, 1.82) is 0 Å². The molecule has 1 heterocycles. The van der Waals surface area contributed by atoms with Gasteiger partial charge in [0.2, 0.25) is 5.91 Å². The molecule has 0 saturated carbocycles. The van der Waals surface area contributed by atoms with Crippen molar-refractivity contribution in [3.05, 3.63) is 69.5 Å². The SMILES string of the molecule is NC(C(=O)N1CCOC(c2cc(F)c(Cl)cc2Cl)C1)c1ccccc1. The van der Waals surface area contributed by atoms with E-state index in [9.17, 15) is 9.18 Å². The largest absolute Gasteiger partial charge is 0.370 e. The summed E-state index contributed by atoms with van der Waals surface area (Å²) in [5.74, 6) is -0.779. The number of rotatable bonds is 3. The van der Waals surface area contributed by atoms with Gasteiger partial charge in [0.05, 0.1) is 18.2 Å². The van der Waals surface area contributed by atoms with Crippen LogP contribution in [0, 0.1) is 5.82 Å². The van der Waals surface area contributed by atoms with Gasteiger partial charge in [-0.1, -0.05) is 53.5 Å². The lowest BCUT2D eigenvalue weighted by molar-refractivity contribution is -0.140. The van der Waals surface area contributed by atoms with Crippen molar-refractivity contribution in [3.63, 3.8) is 0 Å². The lowest BCUT2D eigenvalue weighted by Gasteiger charge is -2.35. The summed E-state index contributed by atoms with van der Waals surface area (Å²) in [5.41, 5.74) is 7.30. The number of ether oxygens (including phenoxy) is 1. The molecule has 132 valence electrons. The number of halogens is 3. The van der Waals surface area contributed by atoms with Crippen LogP contribution in [-0.2, 0) is 9.53 Å². The van der Waals surface area contributed by atoms with E-state index in [2.05, 4.69) is 0 Å². The quantitative estimate of drug-likeness (QED) is 0.822. The number of carbonyl (C=O) groups excluding carboxylic acids is 1. The first-order valence-corrected chi connectivity index (χ1v) is 8.58. The zero-order chi connectivity index (χ0) is 18.0. The maximum absolute atomic E-state index is 13.8. The van der Waals surface area contributed by atoms with Crippen molar-refractivity contribution in [1.82, 2.24) is 4.90 Å². The number of morpholine rings is 1. The minimum absolute atomic E-state index is 0.0522. The Labute approximate surface area is 155 Å². The number of hydrogen-bond acceptors (Lipinski definition) is 3. The predicted molar refractivity (Wildman–Crippen MR) is 95.1 cm³/mol. The first-order valence-electron chi connectivity index (χ1n) is 7.82. The minimum Gasteiger partial charge on any atom is -0.370 e. The van der Waals surface area contributed by atoms with E-state index in [1.807, 2.05) is 30.3 Å². The van der Waals surface area contributed by atoms with E-state index in [0.717, 1.165) is 5.56 Å². The summed E-state index contributed by atoms with van der Waals surface area (Å²) in [6, 6.07) is 11.0. The average Bonchev–Trinajstić information content (AvgIpc) is 2.64. The molecule has 7 heteroatoms. The van der Waals surface area contributed by atoms with Crippen LogP contribution in [0.2, 0.25) is 10.0 Å². The Morgan fingerprint density at radius 3 is 2.68 bits per heavy atom. The summed E-state index contributed by atoms with van der Waals surface area (Å²) in [4.78, 5) is 14.3. The number of amides is 1. The molecule has 4 nitrogen and oxygen atoms in total. The van der Waals surface area contributed by atoms with Gasteiger partial charge in [0.25, 0.3) is 0 Å². The summed E-state index contributed by atoms with van der Waals surface area (Å²) in [7, 11) is 0. The van der Waals surface area contributed by atoms with Gasteiger partial charge in [-0.15, -0.1) is 0 Å². The average molecular weight is 383 g/mol. The number of hydrogen-bond donors (Lipinski definition) is 1. The van der Waals surface area contributed by atoms with Crippen LogP contribution in [-0.4, -0.2) is 30.5 Å². The van der Waals surface area contributed by atoms with E-state index in [1.54, 1.807) is 4.90 Å². The molecule has 2 unspecified atom stereocenters. The minimum atomic E-state index is -0.752. The summed E-state index contributed by atoms with van der Waals surface area (Å²) in [6.45, 7) is 0.988. The van der Waals surface area contributed by atoms with Gasteiger partial charge in [-0.25, -0.2) is 4.39 Å². The maximum atomic E-state index is 13.8. The third-order valence-electron chi connectivity index (χ3n) is 4.19. The van der Waals surface area contributed by atoms with Crippen LogP contribution in [0.15, 0.2) is 42.5 Å². The van der Waals surface area contributed by atoms with Crippen molar-refractivity contribution in [2.45, 2.75) is 12.1 Å². The normalized spacial score (nSPS) is 18.9. The van der Waals surface area contributed by atoms with Gasteiger partial charge in [0.1, 0.15) is 18.0 Å². The van der Waals surface area contributed by atoms with Crippen molar-refractivity contribution in [2.24, 2.45) is 5.73 Å². The van der Waals surface area contributed by atoms with Crippen LogP contribution >= 0.6 is 23.2 Å². The summed E-state index contributed by atoms with van der Waals surface area (Å²) in [5, 5.41) is 0.252. The molecule has 0 aromatic heterocycles. The smallest absolute Gasteiger partial charge is 0.244 e. The van der Waals surface area contributed by atoms with Crippen LogP contribution in [0.4, 0.5) is 4.39 Å². The van der Waals surface area contributed by atoms with Crippen LogP contribution in [0.5, 0.6) is 0 Å². The van der Waals surface area contributed by atoms with Gasteiger partial charge >= 0.3 is 0 Å². The molecule has 1 aliphatic heterocycles. The summed E-state index contributed by atoms with van der Waals surface area (Å²) < 4.78 is 19.4. The Morgan fingerprint density at radius 2 is 1.96 bits per heavy atom. The lowest BCUT2D eigenvalue weighted by atomic mass is 10.0. The third-order valence-corrected chi connectivity index (χ3v) is 4.81. The number of benzene rings is 2. The topological polar surface area (TPSA) is 55.6 Å². The highest BCUT2D eigenvalue weighted by molar-refractivity contribution is 6.35. The first kappa shape index (κ1) is 18.1. The van der Waals surface area contributed by atoms with E-state index in [-0.39, 0.29) is 17.5 Å². The molecule has 25 heavy (non-hydrogen) atoms.